The maximum atomic E-state index is 11.0. The standard InChI is InChI=1S/C15H12N2O3S/c1-8-4-2-3-5-10(8)16-15-17-11-7-12(18)9(14(19)20)6-13(11)21-15/h2-7,18H,1H3,(H,16,17)(H,19,20). The first-order valence-electron chi connectivity index (χ1n) is 6.24. The fourth-order valence-corrected chi connectivity index (χ4v) is 2.92. The molecule has 0 saturated carbocycles. The third-order valence-corrected chi connectivity index (χ3v) is 4.06. The fraction of sp³-hybridized carbons (Fsp3) is 0.0667. The van der Waals surface area contributed by atoms with E-state index >= 15 is 0 Å². The third kappa shape index (κ3) is 2.53. The van der Waals surface area contributed by atoms with Gasteiger partial charge in [-0.2, -0.15) is 0 Å². The highest BCUT2D eigenvalue weighted by Gasteiger charge is 2.14. The number of hydrogen-bond acceptors (Lipinski definition) is 5. The van der Waals surface area contributed by atoms with Crippen LogP contribution in [0.3, 0.4) is 0 Å². The summed E-state index contributed by atoms with van der Waals surface area (Å²) in [6, 6.07) is 10.6. The molecule has 1 aromatic heterocycles. The van der Waals surface area contributed by atoms with Crippen LogP contribution in [0.2, 0.25) is 0 Å². The van der Waals surface area contributed by atoms with Crippen LogP contribution in [0, 0.1) is 6.92 Å². The molecule has 1 heterocycles. The quantitative estimate of drug-likeness (QED) is 0.686. The van der Waals surface area contributed by atoms with Crippen LogP contribution in [0.25, 0.3) is 10.2 Å². The second-order valence-electron chi connectivity index (χ2n) is 4.60. The van der Waals surface area contributed by atoms with E-state index in [1.54, 1.807) is 0 Å². The maximum absolute atomic E-state index is 11.0. The van der Waals surface area contributed by atoms with E-state index in [1.165, 1.54) is 23.5 Å². The Morgan fingerprint density at radius 3 is 2.76 bits per heavy atom. The zero-order valence-electron chi connectivity index (χ0n) is 11.1. The number of para-hydroxylation sites is 1. The molecule has 0 spiro atoms. The molecule has 2 aromatic carbocycles. The van der Waals surface area contributed by atoms with Crippen molar-refractivity contribution < 1.29 is 15.0 Å². The zero-order valence-corrected chi connectivity index (χ0v) is 11.9. The summed E-state index contributed by atoms with van der Waals surface area (Å²) >= 11 is 1.34. The molecule has 0 fully saturated rings. The maximum Gasteiger partial charge on any atom is 0.339 e. The van der Waals surface area contributed by atoms with Gasteiger partial charge in [0.05, 0.1) is 10.2 Å². The first kappa shape index (κ1) is 13.4. The van der Waals surface area contributed by atoms with Crippen molar-refractivity contribution in [2.24, 2.45) is 0 Å². The highest BCUT2D eigenvalue weighted by Crippen LogP contribution is 2.33. The number of hydrogen-bond donors (Lipinski definition) is 3. The van der Waals surface area contributed by atoms with E-state index in [9.17, 15) is 9.90 Å². The van der Waals surface area contributed by atoms with Crippen LogP contribution in [0.5, 0.6) is 5.75 Å². The number of aromatic nitrogens is 1. The average Bonchev–Trinajstić information content (AvgIpc) is 2.81. The Morgan fingerprint density at radius 1 is 1.29 bits per heavy atom. The number of anilines is 2. The summed E-state index contributed by atoms with van der Waals surface area (Å²) in [5.41, 5.74) is 2.48. The molecule has 3 aromatic rings. The normalized spacial score (nSPS) is 10.7. The minimum Gasteiger partial charge on any atom is -0.507 e. The van der Waals surface area contributed by atoms with Crippen molar-refractivity contribution in [1.29, 1.82) is 0 Å². The minimum absolute atomic E-state index is 0.117. The topological polar surface area (TPSA) is 82.5 Å². The van der Waals surface area contributed by atoms with Crippen LogP contribution in [0.1, 0.15) is 15.9 Å². The number of nitrogens with zero attached hydrogens (tertiary/aromatic N) is 1. The van der Waals surface area contributed by atoms with Gasteiger partial charge in [-0.25, -0.2) is 9.78 Å². The van der Waals surface area contributed by atoms with Crippen molar-refractivity contribution >= 4 is 38.3 Å². The van der Waals surface area contributed by atoms with Gasteiger partial charge >= 0.3 is 5.97 Å². The van der Waals surface area contributed by atoms with Gasteiger partial charge in [0.15, 0.2) is 5.13 Å². The lowest BCUT2D eigenvalue weighted by atomic mass is 10.2. The third-order valence-electron chi connectivity index (χ3n) is 3.12. The Bertz CT molecular complexity index is 842. The summed E-state index contributed by atoms with van der Waals surface area (Å²) in [6.45, 7) is 1.99. The number of fused-ring (bicyclic) bond motifs is 1. The molecule has 0 unspecified atom stereocenters. The molecule has 6 heteroatoms. The Hall–Kier alpha value is -2.60. The molecule has 106 valence electrons. The van der Waals surface area contributed by atoms with Crippen LogP contribution < -0.4 is 5.32 Å². The molecule has 21 heavy (non-hydrogen) atoms. The summed E-state index contributed by atoms with van der Waals surface area (Å²) in [5, 5.41) is 22.6. The molecular weight excluding hydrogens is 288 g/mol. The van der Waals surface area contributed by atoms with E-state index in [4.69, 9.17) is 5.11 Å². The largest absolute Gasteiger partial charge is 0.507 e. The number of aromatic hydroxyl groups is 1. The summed E-state index contributed by atoms with van der Waals surface area (Å²) < 4.78 is 0.710. The Morgan fingerprint density at radius 2 is 2.05 bits per heavy atom. The van der Waals surface area contributed by atoms with E-state index < -0.39 is 5.97 Å². The monoisotopic (exact) mass is 300 g/mol. The number of benzene rings is 2. The van der Waals surface area contributed by atoms with Gasteiger partial charge in [0.2, 0.25) is 0 Å². The number of rotatable bonds is 3. The average molecular weight is 300 g/mol. The van der Waals surface area contributed by atoms with Crippen molar-refractivity contribution in [2.45, 2.75) is 6.92 Å². The summed E-state index contributed by atoms with van der Waals surface area (Å²) in [5.74, 6) is -1.43. The summed E-state index contributed by atoms with van der Waals surface area (Å²) in [7, 11) is 0. The lowest BCUT2D eigenvalue weighted by Gasteiger charge is -2.04. The molecular formula is C15H12N2O3S. The molecule has 0 aliphatic carbocycles. The molecule has 3 rings (SSSR count). The predicted octanol–water partition coefficient (Wildman–Crippen LogP) is 3.75. The fourth-order valence-electron chi connectivity index (χ4n) is 2.02. The van der Waals surface area contributed by atoms with Crippen LogP contribution in [-0.2, 0) is 0 Å². The summed E-state index contributed by atoms with van der Waals surface area (Å²) in [6.07, 6.45) is 0. The Kier molecular flexibility index (Phi) is 3.23. The molecule has 3 N–H and O–H groups in total. The smallest absolute Gasteiger partial charge is 0.339 e. The minimum atomic E-state index is -1.16. The van der Waals surface area contributed by atoms with Crippen LogP contribution in [-0.4, -0.2) is 21.2 Å². The van der Waals surface area contributed by atoms with Crippen LogP contribution in [0.4, 0.5) is 10.8 Å². The van der Waals surface area contributed by atoms with Gasteiger partial charge < -0.3 is 15.5 Å². The number of aromatic carboxylic acids is 1. The summed E-state index contributed by atoms with van der Waals surface area (Å²) in [4.78, 5) is 15.4. The van der Waals surface area contributed by atoms with E-state index in [-0.39, 0.29) is 11.3 Å². The number of aryl methyl sites for hydroxylation is 1. The molecule has 0 aliphatic rings. The van der Waals surface area contributed by atoms with E-state index in [2.05, 4.69) is 10.3 Å². The van der Waals surface area contributed by atoms with Crippen molar-refractivity contribution in [3.8, 4) is 5.75 Å². The highest BCUT2D eigenvalue weighted by atomic mass is 32.1. The first-order valence-corrected chi connectivity index (χ1v) is 7.06. The number of phenols is 1. The van der Waals surface area contributed by atoms with E-state index in [0.29, 0.717) is 15.3 Å². The molecule has 0 aliphatic heterocycles. The number of nitrogens with one attached hydrogen (secondary N) is 1. The van der Waals surface area contributed by atoms with Gasteiger partial charge in [0, 0.05) is 11.8 Å². The second kappa shape index (κ2) is 5.06. The van der Waals surface area contributed by atoms with Gasteiger partial charge in [-0.1, -0.05) is 29.5 Å². The van der Waals surface area contributed by atoms with Gasteiger partial charge in [0.25, 0.3) is 0 Å². The van der Waals surface area contributed by atoms with Gasteiger partial charge in [-0.15, -0.1) is 0 Å². The molecule has 5 nitrogen and oxygen atoms in total. The van der Waals surface area contributed by atoms with E-state index in [0.717, 1.165) is 11.3 Å². The molecule has 0 atom stereocenters. The lowest BCUT2D eigenvalue weighted by molar-refractivity contribution is 0.0694. The molecule has 0 bridgehead atoms. The lowest BCUT2D eigenvalue weighted by Crippen LogP contribution is -1.95. The number of carbonyl (C=O) groups is 1. The highest BCUT2D eigenvalue weighted by molar-refractivity contribution is 7.22. The first-order chi connectivity index (χ1) is 10.0. The van der Waals surface area contributed by atoms with Gasteiger partial charge in [0.1, 0.15) is 11.3 Å². The SMILES string of the molecule is Cc1ccccc1Nc1nc2cc(O)c(C(=O)O)cc2s1. The number of thiazole rings is 1. The Labute approximate surface area is 124 Å². The molecule has 0 saturated heterocycles. The molecule has 0 radical (unpaired) electrons. The van der Waals surface area contributed by atoms with Crippen molar-refractivity contribution in [3.63, 3.8) is 0 Å². The van der Waals surface area contributed by atoms with Crippen LogP contribution in [0.15, 0.2) is 36.4 Å². The van der Waals surface area contributed by atoms with Crippen molar-refractivity contribution in [3.05, 3.63) is 47.5 Å². The van der Waals surface area contributed by atoms with Gasteiger partial charge in [-0.05, 0) is 24.6 Å². The second-order valence-corrected chi connectivity index (χ2v) is 5.63. The van der Waals surface area contributed by atoms with Crippen molar-refractivity contribution in [1.82, 2.24) is 4.98 Å². The number of carboxylic acids is 1. The number of carboxylic acid groups (broad SMARTS) is 1. The van der Waals surface area contributed by atoms with Gasteiger partial charge in [-0.3, -0.25) is 0 Å². The zero-order chi connectivity index (χ0) is 15.0. The van der Waals surface area contributed by atoms with Crippen LogP contribution >= 0.6 is 11.3 Å². The van der Waals surface area contributed by atoms with Crippen molar-refractivity contribution in [2.75, 3.05) is 5.32 Å². The Balaban J connectivity index is 2.02. The predicted molar refractivity (Wildman–Crippen MR) is 82.7 cm³/mol. The van der Waals surface area contributed by atoms with E-state index in [1.807, 2.05) is 31.2 Å². The molecule has 0 amide bonds.